The first-order valence-corrected chi connectivity index (χ1v) is 12.0. The Hall–Kier alpha value is -3.52. The van der Waals surface area contributed by atoms with E-state index in [9.17, 15) is 47.1 Å². The van der Waals surface area contributed by atoms with E-state index in [0.717, 1.165) is 0 Å². The van der Waals surface area contributed by atoms with Gasteiger partial charge >= 0.3 is 23.9 Å². The van der Waals surface area contributed by atoms with Crippen LogP contribution >= 0.6 is 0 Å². The molecule has 0 fully saturated rings. The lowest BCUT2D eigenvalue weighted by Crippen LogP contribution is -2.45. The molecule has 18 nitrogen and oxygen atoms in total. The van der Waals surface area contributed by atoms with Gasteiger partial charge in [0, 0.05) is 24.9 Å². The summed E-state index contributed by atoms with van der Waals surface area (Å²) in [5.74, 6) is -8.71. The number of carboxylic acids is 4. The number of aliphatic hydroxyl groups is 2. The molecule has 0 aromatic carbocycles. The SMILES string of the molecule is CC(C)(CO)C(O)C(=O)NCCC(=O)O.O=C(O)C(=O)CNCCS(=O)(=O)O.O=C(O)CCC(=O)C(=O)O. The van der Waals surface area contributed by atoms with Crippen LogP contribution in [0, 0.1) is 5.41 Å². The van der Waals surface area contributed by atoms with Crippen LogP contribution in [-0.2, 0) is 43.7 Å². The molecule has 0 aromatic heterocycles. The number of carboxylic acid groups (broad SMARTS) is 4. The van der Waals surface area contributed by atoms with Crippen molar-refractivity contribution in [1.29, 1.82) is 0 Å². The highest BCUT2D eigenvalue weighted by Crippen LogP contribution is 2.19. The van der Waals surface area contributed by atoms with E-state index in [2.05, 4.69) is 10.6 Å². The van der Waals surface area contributed by atoms with Crippen LogP contribution in [0.3, 0.4) is 0 Å². The number of ketones is 2. The maximum Gasteiger partial charge on any atom is 0.373 e. The molecule has 220 valence electrons. The van der Waals surface area contributed by atoms with Crippen molar-refractivity contribution in [3.8, 4) is 0 Å². The monoisotopic (exact) mass is 576 g/mol. The van der Waals surface area contributed by atoms with E-state index in [-0.39, 0.29) is 26.1 Å². The zero-order valence-corrected chi connectivity index (χ0v) is 21.3. The zero-order valence-electron chi connectivity index (χ0n) is 20.4. The quantitative estimate of drug-likeness (QED) is 0.0490. The minimum Gasteiger partial charge on any atom is -0.481 e. The van der Waals surface area contributed by atoms with Crippen molar-refractivity contribution in [1.82, 2.24) is 10.6 Å². The Morgan fingerprint density at radius 3 is 1.63 bits per heavy atom. The smallest absolute Gasteiger partial charge is 0.373 e. The zero-order chi connectivity index (χ0) is 30.7. The molecule has 0 bridgehead atoms. The first kappa shape index (κ1) is 39.0. The number of Topliss-reactive ketones (excluding diaryl/α,β-unsaturated/α-hetero) is 2. The summed E-state index contributed by atoms with van der Waals surface area (Å²) in [6.07, 6.45) is -2.41. The second kappa shape index (κ2) is 19.6. The molecule has 1 unspecified atom stereocenters. The largest absolute Gasteiger partial charge is 0.481 e. The number of amides is 1. The minimum absolute atomic E-state index is 0.0350. The summed E-state index contributed by atoms with van der Waals surface area (Å²) in [4.78, 5) is 71.5. The minimum atomic E-state index is -4.06. The summed E-state index contributed by atoms with van der Waals surface area (Å²) in [7, 11) is -4.06. The van der Waals surface area contributed by atoms with Crippen molar-refractivity contribution in [2.24, 2.45) is 5.41 Å². The molecule has 0 aliphatic carbocycles. The van der Waals surface area contributed by atoms with Gasteiger partial charge in [-0.05, 0) is 0 Å². The van der Waals surface area contributed by atoms with Crippen molar-refractivity contribution in [2.75, 3.05) is 32.0 Å². The Kier molecular flexibility index (Phi) is 20.1. The van der Waals surface area contributed by atoms with Crippen LogP contribution in [0.4, 0.5) is 0 Å². The third kappa shape index (κ3) is 24.2. The number of carbonyl (C=O) groups excluding carboxylic acids is 3. The molecule has 1 amide bonds. The second-order valence-corrected chi connectivity index (χ2v) is 9.37. The first-order chi connectivity index (χ1) is 17.2. The predicted molar refractivity (Wildman–Crippen MR) is 124 cm³/mol. The number of rotatable bonds is 16. The predicted octanol–water partition coefficient (Wildman–Crippen LogP) is -3.42. The number of aliphatic hydroxyl groups excluding tert-OH is 2. The van der Waals surface area contributed by atoms with E-state index < -0.39 is 88.1 Å². The Balaban J connectivity index is -0.000000494. The molecule has 9 N–H and O–H groups in total. The van der Waals surface area contributed by atoms with E-state index in [1.165, 1.54) is 13.8 Å². The fourth-order valence-corrected chi connectivity index (χ4v) is 2.04. The normalized spacial score (nSPS) is 11.4. The van der Waals surface area contributed by atoms with Gasteiger partial charge in [-0.25, -0.2) is 9.59 Å². The number of carbonyl (C=O) groups is 7. The molecule has 0 radical (unpaired) electrons. The summed E-state index contributed by atoms with van der Waals surface area (Å²) in [5, 5.41) is 55.3. The topological polar surface area (TPSA) is 319 Å². The number of hydrogen-bond donors (Lipinski definition) is 9. The molecule has 0 saturated heterocycles. The highest BCUT2D eigenvalue weighted by atomic mass is 32.2. The van der Waals surface area contributed by atoms with Gasteiger partial charge < -0.3 is 41.3 Å². The van der Waals surface area contributed by atoms with E-state index in [1.807, 2.05) is 0 Å². The first-order valence-electron chi connectivity index (χ1n) is 10.4. The van der Waals surface area contributed by atoms with Crippen LogP contribution in [0.1, 0.15) is 33.1 Å². The van der Waals surface area contributed by atoms with Gasteiger partial charge in [0.15, 0.2) is 0 Å². The van der Waals surface area contributed by atoms with E-state index in [4.69, 9.17) is 30.1 Å². The maximum atomic E-state index is 11.3. The maximum absolute atomic E-state index is 11.3. The molecular formula is C19H32N2O16S. The van der Waals surface area contributed by atoms with Crippen molar-refractivity contribution >= 4 is 51.5 Å². The lowest BCUT2D eigenvalue weighted by molar-refractivity contribution is -0.150. The Bertz CT molecular complexity index is 944. The summed E-state index contributed by atoms with van der Waals surface area (Å²) in [6, 6.07) is 0. The molecule has 38 heavy (non-hydrogen) atoms. The van der Waals surface area contributed by atoms with Crippen LogP contribution in [0.5, 0.6) is 0 Å². The Morgan fingerprint density at radius 2 is 1.26 bits per heavy atom. The van der Waals surface area contributed by atoms with Crippen LogP contribution in [0.2, 0.25) is 0 Å². The summed E-state index contributed by atoms with van der Waals surface area (Å²) in [6.45, 7) is 2.08. The van der Waals surface area contributed by atoms with Crippen LogP contribution in [0.15, 0.2) is 0 Å². The van der Waals surface area contributed by atoms with E-state index in [0.29, 0.717) is 0 Å². The number of nitrogens with one attached hydrogen (secondary N) is 2. The third-order valence-corrected chi connectivity index (χ3v) is 4.62. The van der Waals surface area contributed by atoms with Gasteiger partial charge in [0.2, 0.25) is 11.7 Å². The standard InChI is InChI=1S/C9H17NO5.C5H9NO6S.C5H6O5/c1-9(2,5-11)7(14)8(15)10-4-3-6(12)13;7-4(5(8)9)3-6-1-2-13(10,11)12;6-3(5(9)10)1-2-4(7)8/h7,11,14H,3-5H2,1-2H3,(H,10,15)(H,12,13);6H,1-3H2,(H,8,9)(H,10,11,12);1-2H2,(H,7,8)(H,9,10). The molecule has 0 saturated carbocycles. The summed E-state index contributed by atoms with van der Waals surface area (Å²) in [5.41, 5.74) is -0.937. The summed E-state index contributed by atoms with van der Waals surface area (Å²) < 4.78 is 28.5. The molecule has 0 aromatic rings. The highest BCUT2D eigenvalue weighted by molar-refractivity contribution is 7.85. The Morgan fingerprint density at radius 1 is 0.789 bits per heavy atom. The average molecular weight is 577 g/mol. The van der Waals surface area contributed by atoms with Crippen LogP contribution in [0.25, 0.3) is 0 Å². The third-order valence-electron chi connectivity index (χ3n) is 3.90. The molecule has 0 spiro atoms. The van der Waals surface area contributed by atoms with E-state index >= 15 is 0 Å². The van der Waals surface area contributed by atoms with Gasteiger partial charge in [-0.15, -0.1) is 0 Å². The molecule has 0 aliphatic heterocycles. The lowest BCUT2D eigenvalue weighted by atomic mass is 9.87. The van der Waals surface area contributed by atoms with Crippen molar-refractivity contribution in [3.63, 3.8) is 0 Å². The van der Waals surface area contributed by atoms with Gasteiger partial charge in [0.25, 0.3) is 15.9 Å². The van der Waals surface area contributed by atoms with Gasteiger partial charge in [-0.3, -0.25) is 28.5 Å². The van der Waals surface area contributed by atoms with Crippen molar-refractivity contribution < 1.29 is 77.2 Å². The van der Waals surface area contributed by atoms with Crippen molar-refractivity contribution in [3.05, 3.63) is 0 Å². The average Bonchev–Trinajstić information content (AvgIpc) is 2.79. The highest BCUT2D eigenvalue weighted by Gasteiger charge is 2.32. The van der Waals surface area contributed by atoms with E-state index in [1.54, 1.807) is 0 Å². The van der Waals surface area contributed by atoms with Gasteiger partial charge in [-0.2, -0.15) is 8.42 Å². The molecule has 0 aliphatic rings. The fourth-order valence-electron chi connectivity index (χ4n) is 1.64. The molecule has 0 rings (SSSR count). The van der Waals surface area contributed by atoms with Gasteiger partial charge in [0.05, 0.1) is 31.7 Å². The van der Waals surface area contributed by atoms with Crippen LogP contribution < -0.4 is 10.6 Å². The lowest BCUT2D eigenvalue weighted by Gasteiger charge is -2.26. The van der Waals surface area contributed by atoms with Gasteiger partial charge in [-0.1, -0.05) is 13.8 Å². The van der Waals surface area contributed by atoms with Gasteiger partial charge in [0.1, 0.15) is 6.10 Å². The number of aliphatic carboxylic acids is 4. The van der Waals surface area contributed by atoms with Crippen molar-refractivity contribution in [2.45, 2.75) is 39.2 Å². The fraction of sp³-hybridized carbons (Fsp3) is 0.632. The number of hydrogen-bond acceptors (Lipinski definition) is 12. The van der Waals surface area contributed by atoms with Crippen LogP contribution in [-0.4, -0.2) is 123 Å². The molecule has 0 heterocycles. The second-order valence-electron chi connectivity index (χ2n) is 7.80. The molecule has 19 heteroatoms. The molecule has 1 atom stereocenters. The summed E-state index contributed by atoms with van der Waals surface area (Å²) >= 11 is 0. The molecular weight excluding hydrogens is 544 g/mol. The Labute approximate surface area is 216 Å².